The quantitative estimate of drug-likeness (QED) is 0.135. The Morgan fingerprint density at radius 3 is 2.23 bits per heavy atom. The molecule has 1 aliphatic carbocycles. The molecule has 1 saturated carbocycles. The third-order valence-corrected chi connectivity index (χ3v) is 14.7. The molecule has 4 rings (SSSR count). The van der Waals surface area contributed by atoms with Crippen molar-refractivity contribution in [3.8, 4) is 0 Å². The van der Waals surface area contributed by atoms with Crippen LogP contribution in [0.3, 0.4) is 0 Å². The molecule has 2 unspecified atom stereocenters. The topological polar surface area (TPSA) is 197 Å². The van der Waals surface area contributed by atoms with Crippen LogP contribution in [0.5, 0.6) is 0 Å². The summed E-state index contributed by atoms with van der Waals surface area (Å²) >= 11 is 0. The van der Waals surface area contributed by atoms with Crippen LogP contribution in [-0.4, -0.2) is 117 Å². The molecule has 3 aliphatic heterocycles. The second-order valence-corrected chi connectivity index (χ2v) is 19.9. The summed E-state index contributed by atoms with van der Waals surface area (Å²) in [7, 11) is 1.38. The number of piperidine rings is 1. The van der Waals surface area contributed by atoms with Gasteiger partial charge in [0.15, 0.2) is 5.78 Å². The fourth-order valence-corrected chi connectivity index (χ4v) is 9.81. The van der Waals surface area contributed by atoms with Crippen LogP contribution >= 0.6 is 0 Å². The fourth-order valence-electron chi connectivity index (χ4n) is 9.81. The van der Waals surface area contributed by atoms with E-state index in [4.69, 9.17) is 14.2 Å². The fraction of sp³-hybridized carbons (Fsp3) is 0.745. The lowest BCUT2D eigenvalue weighted by atomic mass is 9.78. The monoisotopic (exact) mass is 898 g/mol. The Morgan fingerprint density at radius 2 is 1.55 bits per heavy atom. The molecule has 4 N–H and O–H groups in total. The van der Waals surface area contributed by atoms with Crippen LogP contribution in [0.2, 0.25) is 0 Å². The first-order chi connectivity index (χ1) is 30.2. The van der Waals surface area contributed by atoms with Gasteiger partial charge in [0.05, 0.1) is 18.3 Å². The van der Waals surface area contributed by atoms with Gasteiger partial charge in [-0.25, -0.2) is 4.79 Å². The van der Waals surface area contributed by atoms with Crippen molar-refractivity contribution < 1.29 is 58.6 Å². The smallest absolute Gasteiger partial charge is 0.329 e. The maximum Gasteiger partial charge on any atom is 0.329 e. The molecule has 64 heavy (non-hydrogen) atoms. The Balaban J connectivity index is 1.67. The highest BCUT2D eigenvalue weighted by molar-refractivity contribution is 6.39. The largest absolute Gasteiger partial charge is 0.460 e. The first-order valence-corrected chi connectivity index (χ1v) is 24.0. The number of fused-ring (bicyclic) bond motifs is 3. The molecule has 360 valence electrons. The molecule has 3 heterocycles. The SMILES string of the molecule is CO[C@H]1C(=O)[C@H](C)CC[C@H](C)/C=C/C=C/C=C(\C)[C@@H](C)CC2CC[C@@H](C)[C@@](O)(O2)C(=O)C(=O)N2CCCC[C@H]2C(=O)O[C@H]([C@H](C)CC2CC[C@@H](O)[C@H](O)C2)CC(=O)[C@H](C)/C=C(\C)[C@H]1O. The lowest BCUT2D eigenvalue weighted by molar-refractivity contribution is -0.264. The van der Waals surface area contributed by atoms with Crippen molar-refractivity contribution in [2.24, 2.45) is 41.4 Å². The normalized spacial score (nSPS) is 41.0. The van der Waals surface area contributed by atoms with E-state index in [1.807, 2.05) is 45.1 Å². The minimum Gasteiger partial charge on any atom is -0.460 e. The predicted molar refractivity (Wildman–Crippen MR) is 243 cm³/mol. The Hall–Kier alpha value is -3.33. The number of hydrogen-bond acceptors (Lipinski definition) is 12. The van der Waals surface area contributed by atoms with Gasteiger partial charge in [-0.05, 0) is 120 Å². The van der Waals surface area contributed by atoms with Crippen LogP contribution in [0, 0.1) is 41.4 Å². The number of allylic oxidation sites excluding steroid dienone is 7. The van der Waals surface area contributed by atoms with Gasteiger partial charge in [-0.1, -0.05) is 83.6 Å². The number of carbonyl (C=O) groups excluding carboxylic acids is 5. The molecule has 2 bridgehead atoms. The lowest BCUT2D eigenvalue weighted by Crippen LogP contribution is -2.60. The van der Waals surface area contributed by atoms with E-state index in [2.05, 4.69) is 19.9 Å². The highest BCUT2D eigenvalue weighted by atomic mass is 16.6. The molecule has 0 spiro atoms. The van der Waals surface area contributed by atoms with Crippen molar-refractivity contribution in [1.82, 2.24) is 4.90 Å². The van der Waals surface area contributed by atoms with Crippen LogP contribution in [0.25, 0.3) is 0 Å². The molecule has 13 nitrogen and oxygen atoms in total. The maximum absolute atomic E-state index is 14.3. The minimum atomic E-state index is -2.38. The molecule has 0 aromatic rings. The number of hydrogen-bond donors (Lipinski definition) is 4. The maximum atomic E-state index is 14.3. The highest BCUT2D eigenvalue weighted by Gasteiger charge is 2.53. The third kappa shape index (κ3) is 14.1. The van der Waals surface area contributed by atoms with E-state index in [0.717, 1.165) is 12.0 Å². The zero-order valence-electron chi connectivity index (χ0n) is 39.9. The average molecular weight is 898 g/mol. The van der Waals surface area contributed by atoms with Crippen molar-refractivity contribution in [3.05, 3.63) is 47.6 Å². The molecule has 15 atom stereocenters. The average Bonchev–Trinajstić information content (AvgIpc) is 3.26. The molecule has 0 aromatic heterocycles. The summed E-state index contributed by atoms with van der Waals surface area (Å²) in [4.78, 5) is 71.5. The Bertz CT molecular complexity index is 1740. The Labute approximate surface area is 381 Å². The van der Waals surface area contributed by atoms with E-state index < -0.39 is 83.9 Å². The number of carbonyl (C=O) groups is 5. The summed E-state index contributed by atoms with van der Waals surface area (Å²) in [6, 6.07) is -1.14. The van der Waals surface area contributed by atoms with Crippen molar-refractivity contribution in [2.75, 3.05) is 13.7 Å². The molecule has 4 aliphatic rings. The zero-order chi connectivity index (χ0) is 47.5. The van der Waals surface area contributed by atoms with Crippen LogP contribution in [0.15, 0.2) is 47.6 Å². The summed E-state index contributed by atoms with van der Waals surface area (Å²) in [5.74, 6) is -7.77. The number of methoxy groups -OCH3 is 1. The molecule has 0 radical (unpaired) electrons. The van der Waals surface area contributed by atoms with Gasteiger partial charge in [0, 0.05) is 37.8 Å². The van der Waals surface area contributed by atoms with Gasteiger partial charge in [-0.15, -0.1) is 0 Å². The lowest BCUT2D eigenvalue weighted by Gasteiger charge is -2.42. The summed E-state index contributed by atoms with van der Waals surface area (Å²) in [6.07, 6.45) is 11.9. The van der Waals surface area contributed by atoms with Gasteiger partial charge in [0.25, 0.3) is 11.7 Å². The second-order valence-electron chi connectivity index (χ2n) is 19.9. The summed E-state index contributed by atoms with van der Waals surface area (Å²) in [5.41, 5.74) is 1.46. The van der Waals surface area contributed by atoms with Crippen molar-refractivity contribution in [2.45, 2.75) is 187 Å². The van der Waals surface area contributed by atoms with Gasteiger partial charge >= 0.3 is 5.97 Å². The van der Waals surface area contributed by atoms with E-state index >= 15 is 0 Å². The zero-order valence-corrected chi connectivity index (χ0v) is 39.9. The summed E-state index contributed by atoms with van der Waals surface area (Å²) in [6.45, 7) is 14.9. The van der Waals surface area contributed by atoms with E-state index in [1.54, 1.807) is 26.8 Å². The summed E-state index contributed by atoms with van der Waals surface area (Å²) in [5, 5.41) is 43.9. The van der Waals surface area contributed by atoms with Gasteiger partial charge in [0.2, 0.25) is 5.79 Å². The second kappa shape index (κ2) is 24.4. The van der Waals surface area contributed by atoms with Gasteiger partial charge in [0.1, 0.15) is 30.1 Å². The van der Waals surface area contributed by atoms with Crippen LogP contribution < -0.4 is 0 Å². The molecule has 1 amide bonds. The Morgan fingerprint density at radius 1 is 0.828 bits per heavy atom. The van der Waals surface area contributed by atoms with Crippen molar-refractivity contribution in [1.29, 1.82) is 0 Å². The third-order valence-electron chi connectivity index (χ3n) is 14.7. The van der Waals surface area contributed by atoms with Crippen LogP contribution in [-0.2, 0) is 38.2 Å². The summed E-state index contributed by atoms with van der Waals surface area (Å²) < 4.78 is 17.9. The number of nitrogens with zero attached hydrogens (tertiary/aromatic N) is 1. The first-order valence-electron chi connectivity index (χ1n) is 24.0. The van der Waals surface area contributed by atoms with Gasteiger partial charge in [-0.3, -0.25) is 19.2 Å². The van der Waals surface area contributed by atoms with Crippen LogP contribution in [0.1, 0.15) is 139 Å². The first kappa shape index (κ1) is 53.3. The molecule has 3 fully saturated rings. The number of rotatable bonds is 4. The number of cyclic esters (lactones) is 1. The molecular formula is C51H79NO12. The number of esters is 1. The van der Waals surface area contributed by atoms with Crippen LogP contribution in [0.4, 0.5) is 0 Å². The number of ketones is 3. The number of aliphatic hydroxyl groups excluding tert-OH is 3. The predicted octanol–water partition coefficient (Wildman–Crippen LogP) is 6.54. The molecule has 2 saturated heterocycles. The highest BCUT2D eigenvalue weighted by Crippen LogP contribution is 2.38. The minimum absolute atomic E-state index is 0.00558. The molecular weight excluding hydrogens is 819 g/mol. The van der Waals surface area contributed by atoms with E-state index in [0.29, 0.717) is 69.8 Å². The van der Waals surface area contributed by atoms with Crippen molar-refractivity contribution >= 4 is 29.2 Å². The standard InChI is InChI=1S/C51H79NO12/c1-30-15-11-10-12-16-31(2)33(4)27-39-22-20-37(8)51(61,64-39)48(58)49(59)52-24-14-13-17-40(52)50(60)63-44(35(6)26-38-21-23-41(53)43(55)28-38)29-42(54)34(5)25-36(7)46(57)47(62-9)45(56)32(3)19-18-30/h10-12,15-16,25,30,32-35,37-41,43-44,46-47,53,55,57,61H,13-14,17-24,26-29H2,1-9H3/b12-10+,15-11+,31-16+,36-25+/t30-,32-,33+,34-,35-,37-,38?,39?,40+,41-,43-,44+,46-,47+,51-/m1/s1. The van der Waals surface area contributed by atoms with Gasteiger partial charge < -0.3 is 39.5 Å². The number of amides is 1. The van der Waals surface area contributed by atoms with E-state index in [1.165, 1.54) is 12.0 Å². The van der Waals surface area contributed by atoms with E-state index in [-0.39, 0.29) is 54.6 Å². The van der Waals surface area contributed by atoms with Crippen molar-refractivity contribution in [3.63, 3.8) is 0 Å². The number of aliphatic hydroxyl groups is 4. The number of ether oxygens (including phenoxy) is 3. The molecule has 0 aromatic carbocycles. The van der Waals surface area contributed by atoms with E-state index in [9.17, 15) is 44.4 Å². The Kier molecular flexibility index (Phi) is 20.4. The molecule has 13 heteroatoms. The van der Waals surface area contributed by atoms with Gasteiger partial charge in [-0.2, -0.15) is 0 Å². The number of Topliss-reactive ketones (excluding diaryl/α,β-unsaturated/α-hetero) is 3.